The molecule has 9 nitrogen and oxygen atoms in total. The summed E-state index contributed by atoms with van der Waals surface area (Å²) in [5.41, 5.74) is 0.373. The Morgan fingerprint density at radius 1 is 1.30 bits per heavy atom. The molecule has 3 heterocycles. The van der Waals surface area contributed by atoms with Gasteiger partial charge >= 0.3 is 6.01 Å². The molecule has 1 amide bonds. The average molecular weight is 373 g/mol. The topological polar surface area (TPSA) is 113 Å². The molecule has 4 rings (SSSR count). The molecule has 1 atom stereocenters. The predicted octanol–water partition coefficient (Wildman–Crippen LogP) is 1.64. The highest BCUT2D eigenvalue weighted by Crippen LogP contribution is 2.53. The van der Waals surface area contributed by atoms with E-state index in [1.807, 2.05) is 4.90 Å². The number of ether oxygens (including phenoxy) is 1. The van der Waals surface area contributed by atoms with Crippen LogP contribution in [-0.4, -0.2) is 52.2 Å². The fraction of sp³-hybridized carbons (Fsp3) is 0.556. The number of nitrogens with one attached hydrogen (secondary N) is 2. The van der Waals surface area contributed by atoms with Crippen LogP contribution >= 0.6 is 0 Å². The number of likely N-dealkylation sites (tertiary alicyclic amines) is 1. The number of anilines is 1. The molecule has 2 aromatic heterocycles. The van der Waals surface area contributed by atoms with Crippen molar-refractivity contribution in [2.45, 2.75) is 38.6 Å². The summed E-state index contributed by atoms with van der Waals surface area (Å²) in [6.45, 7) is 3.39. The maximum absolute atomic E-state index is 12.6. The van der Waals surface area contributed by atoms with Gasteiger partial charge in [0, 0.05) is 13.1 Å². The van der Waals surface area contributed by atoms with Crippen LogP contribution in [0.15, 0.2) is 21.3 Å². The smallest absolute Gasteiger partial charge is 0.316 e. The molecule has 0 aromatic carbocycles. The van der Waals surface area contributed by atoms with Crippen molar-refractivity contribution in [2.24, 2.45) is 5.41 Å². The zero-order chi connectivity index (χ0) is 19.0. The molecule has 2 aliphatic rings. The highest BCUT2D eigenvalue weighted by Gasteiger charge is 2.45. The molecule has 0 radical (unpaired) electrons. The van der Waals surface area contributed by atoms with Gasteiger partial charge in [0.25, 0.3) is 11.4 Å². The minimum Gasteiger partial charge on any atom is -0.482 e. The molecule has 27 heavy (non-hydrogen) atoms. The minimum atomic E-state index is -0.485. The second-order valence-corrected chi connectivity index (χ2v) is 7.37. The van der Waals surface area contributed by atoms with E-state index in [4.69, 9.17) is 9.15 Å². The molecule has 1 saturated carbocycles. The predicted molar refractivity (Wildman–Crippen MR) is 97.5 cm³/mol. The largest absolute Gasteiger partial charge is 0.482 e. The average Bonchev–Trinajstić information content (AvgIpc) is 3.27. The molecule has 9 heteroatoms. The van der Waals surface area contributed by atoms with Crippen LogP contribution in [0, 0.1) is 5.41 Å². The third-order valence-corrected chi connectivity index (χ3v) is 5.56. The van der Waals surface area contributed by atoms with Crippen LogP contribution < -0.4 is 15.6 Å². The van der Waals surface area contributed by atoms with E-state index in [2.05, 4.69) is 20.5 Å². The van der Waals surface area contributed by atoms with Crippen molar-refractivity contribution in [2.75, 3.05) is 25.5 Å². The number of rotatable bonds is 5. The third-order valence-electron chi connectivity index (χ3n) is 5.56. The van der Waals surface area contributed by atoms with Gasteiger partial charge in [0.1, 0.15) is 11.6 Å². The Morgan fingerprint density at radius 3 is 2.67 bits per heavy atom. The Hall–Kier alpha value is -2.84. The van der Waals surface area contributed by atoms with E-state index in [9.17, 15) is 9.59 Å². The van der Waals surface area contributed by atoms with Gasteiger partial charge < -0.3 is 19.4 Å². The van der Waals surface area contributed by atoms with Gasteiger partial charge in [-0.05, 0) is 50.2 Å². The fourth-order valence-corrected chi connectivity index (χ4v) is 3.53. The fourth-order valence-electron chi connectivity index (χ4n) is 3.53. The molecular formula is C18H23N5O4. The van der Waals surface area contributed by atoms with Gasteiger partial charge in [0.05, 0.1) is 7.11 Å². The zero-order valence-electron chi connectivity index (χ0n) is 15.4. The first-order valence-corrected chi connectivity index (χ1v) is 9.16. The van der Waals surface area contributed by atoms with Gasteiger partial charge in [-0.3, -0.25) is 14.6 Å². The van der Waals surface area contributed by atoms with Gasteiger partial charge in [0.2, 0.25) is 5.91 Å². The van der Waals surface area contributed by atoms with E-state index >= 15 is 0 Å². The first-order chi connectivity index (χ1) is 13.0. The molecule has 2 aromatic rings. The van der Waals surface area contributed by atoms with Crippen LogP contribution in [0.2, 0.25) is 0 Å². The van der Waals surface area contributed by atoms with Crippen LogP contribution in [0.4, 0.5) is 6.01 Å². The number of carbonyl (C=O) groups excluding carboxylic acids is 1. The second kappa shape index (κ2) is 6.71. The van der Waals surface area contributed by atoms with Crippen molar-refractivity contribution in [3.05, 3.63) is 22.5 Å². The first kappa shape index (κ1) is 17.6. The third kappa shape index (κ3) is 3.54. The Balaban J connectivity index is 1.40. The van der Waals surface area contributed by atoms with Crippen molar-refractivity contribution in [3.8, 4) is 17.3 Å². The lowest BCUT2D eigenvalue weighted by atomic mass is 9.93. The summed E-state index contributed by atoms with van der Waals surface area (Å²) in [5, 5.41) is 10.7. The maximum Gasteiger partial charge on any atom is 0.316 e. The Bertz CT molecular complexity index is 891. The van der Waals surface area contributed by atoms with Crippen LogP contribution in [0.5, 0.6) is 5.88 Å². The molecule has 2 N–H and O–H groups in total. The number of amides is 1. The highest BCUT2D eigenvalue weighted by atomic mass is 16.5. The summed E-state index contributed by atoms with van der Waals surface area (Å²) in [7, 11) is 1.46. The number of H-pyrrole nitrogens is 1. The van der Waals surface area contributed by atoms with Gasteiger partial charge in [0.15, 0.2) is 5.88 Å². The molecule has 1 aliphatic heterocycles. The van der Waals surface area contributed by atoms with E-state index in [0.29, 0.717) is 11.3 Å². The van der Waals surface area contributed by atoms with Crippen molar-refractivity contribution in [3.63, 3.8) is 0 Å². The molecule has 144 valence electrons. The van der Waals surface area contributed by atoms with Gasteiger partial charge in [-0.25, -0.2) is 0 Å². The summed E-state index contributed by atoms with van der Waals surface area (Å²) < 4.78 is 10.5. The van der Waals surface area contributed by atoms with Gasteiger partial charge in [-0.2, -0.15) is 0 Å². The van der Waals surface area contributed by atoms with Crippen molar-refractivity contribution in [1.82, 2.24) is 20.1 Å². The number of nitrogens with zero attached hydrogens (tertiary/aromatic N) is 3. The van der Waals surface area contributed by atoms with Crippen molar-refractivity contribution < 1.29 is 13.9 Å². The molecular weight excluding hydrogens is 350 g/mol. The monoisotopic (exact) mass is 373 g/mol. The van der Waals surface area contributed by atoms with E-state index < -0.39 is 11.6 Å². The summed E-state index contributed by atoms with van der Waals surface area (Å²) in [6, 6.07) is 2.77. The molecule has 0 unspecified atom stereocenters. The number of pyridine rings is 1. The number of aromatic nitrogens is 3. The lowest BCUT2D eigenvalue weighted by Gasteiger charge is -2.33. The first-order valence-electron chi connectivity index (χ1n) is 9.16. The van der Waals surface area contributed by atoms with Gasteiger partial charge in [-0.15, -0.1) is 5.10 Å². The number of hydrogen-bond donors (Lipinski definition) is 2. The Morgan fingerprint density at radius 2 is 2.04 bits per heavy atom. The Kier molecular flexibility index (Phi) is 4.37. The lowest BCUT2D eigenvalue weighted by molar-refractivity contribution is -0.133. The molecule has 0 bridgehead atoms. The number of piperidine rings is 1. The SMILES string of the molecule is COc1ccc(-c2nnc(N[C@H](C)C(=O)N3CCC4(CC3)CC4)o2)c(=O)[nH]1. The summed E-state index contributed by atoms with van der Waals surface area (Å²) in [5.74, 6) is 0.442. The highest BCUT2D eigenvalue weighted by molar-refractivity contribution is 5.83. The standard InChI is InChI=1S/C18H23N5O4/c1-11(16(25)23-9-7-18(5-6-18)8-10-23)19-17-22-21-15(27-17)12-3-4-13(26-2)20-14(12)24/h3-4,11H,5-10H2,1-2H3,(H,19,22)(H,20,24)/t11-/m1/s1. The molecule has 1 aliphatic carbocycles. The quantitative estimate of drug-likeness (QED) is 0.819. The van der Waals surface area contributed by atoms with Crippen LogP contribution in [-0.2, 0) is 4.79 Å². The van der Waals surface area contributed by atoms with E-state index in [1.54, 1.807) is 19.1 Å². The molecule has 1 saturated heterocycles. The van der Waals surface area contributed by atoms with Crippen LogP contribution in [0.25, 0.3) is 11.5 Å². The number of aromatic amines is 1. The maximum atomic E-state index is 12.6. The second-order valence-electron chi connectivity index (χ2n) is 7.37. The molecule has 1 spiro atoms. The van der Waals surface area contributed by atoms with Crippen LogP contribution in [0.1, 0.15) is 32.6 Å². The number of carbonyl (C=O) groups is 1. The van der Waals surface area contributed by atoms with E-state index in [-0.39, 0.29) is 23.4 Å². The summed E-state index contributed by atoms with van der Waals surface area (Å²) in [6.07, 6.45) is 4.79. The number of methoxy groups -OCH3 is 1. The minimum absolute atomic E-state index is 0.0209. The summed E-state index contributed by atoms with van der Waals surface area (Å²) >= 11 is 0. The van der Waals surface area contributed by atoms with E-state index in [1.165, 1.54) is 20.0 Å². The van der Waals surface area contributed by atoms with Crippen molar-refractivity contribution >= 4 is 11.9 Å². The van der Waals surface area contributed by atoms with Gasteiger partial charge in [-0.1, -0.05) is 5.10 Å². The van der Waals surface area contributed by atoms with Crippen LogP contribution in [0.3, 0.4) is 0 Å². The normalized spacial score (nSPS) is 19.0. The number of hydrogen-bond acceptors (Lipinski definition) is 7. The Labute approximate surface area is 156 Å². The zero-order valence-corrected chi connectivity index (χ0v) is 15.4. The molecule has 2 fully saturated rings. The lowest BCUT2D eigenvalue weighted by Crippen LogP contribution is -2.45. The van der Waals surface area contributed by atoms with Crippen molar-refractivity contribution in [1.29, 1.82) is 0 Å². The summed E-state index contributed by atoms with van der Waals surface area (Å²) in [4.78, 5) is 29.2. The van der Waals surface area contributed by atoms with E-state index in [0.717, 1.165) is 25.9 Å².